The molecule has 0 saturated carbocycles. The Kier molecular flexibility index (Phi) is 4.35. The van der Waals surface area contributed by atoms with Crippen molar-refractivity contribution in [1.29, 1.82) is 0 Å². The number of thioether (sulfide) groups is 1. The first-order valence-corrected chi connectivity index (χ1v) is 8.65. The molecule has 2 heterocycles. The van der Waals surface area contributed by atoms with Gasteiger partial charge in [0.05, 0.1) is 0 Å². The van der Waals surface area contributed by atoms with Gasteiger partial charge >= 0.3 is 0 Å². The van der Waals surface area contributed by atoms with E-state index in [1.54, 1.807) is 0 Å². The fraction of sp³-hybridized carbons (Fsp3) is 1.00. The van der Waals surface area contributed by atoms with Crippen LogP contribution < -0.4 is 5.73 Å². The summed E-state index contributed by atoms with van der Waals surface area (Å²) in [7, 11) is 0. The fourth-order valence-corrected chi connectivity index (χ4v) is 5.67. The maximum Gasteiger partial charge on any atom is 0.0475 e. The predicted molar refractivity (Wildman–Crippen MR) is 82.1 cm³/mol. The molecule has 2 rings (SSSR count). The molecule has 2 N–H and O–H groups in total. The van der Waals surface area contributed by atoms with Gasteiger partial charge in [-0.15, -0.1) is 0 Å². The molecule has 2 aliphatic heterocycles. The Balaban J connectivity index is 2.30. The molecule has 2 saturated heterocycles. The number of hydrogen-bond acceptors (Lipinski definition) is 3. The van der Waals surface area contributed by atoms with Gasteiger partial charge in [0.1, 0.15) is 0 Å². The Morgan fingerprint density at radius 3 is 2.67 bits per heavy atom. The quantitative estimate of drug-likeness (QED) is 0.836. The summed E-state index contributed by atoms with van der Waals surface area (Å²) in [5.41, 5.74) is 6.86. The van der Waals surface area contributed by atoms with Crippen molar-refractivity contribution in [2.24, 2.45) is 17.1 Å². The van der Waals surface area contributed by atoms with Crippen LogP contribution in [-0.2, 0) is 0 Å². The van der Waals surface area contributed by atoms with Crippen LogP contribution >= 0.6 is 11.8 Å². The van der Waals surface area contributed by atoms with Gasteiger partial charge in [0, 0.05) is 23.9 Å². The molecule has 0 spiro atoms. The van der Waals surface area contributed by atoms with E-state index in [1.807, 2.05) is 0 Å². The molecule has 3 unspecified atom stereocenters. The predicted octanol–water partition coefficient (Wildman–Crippen LogP) is 2.97. The Morgan fingerprint density at radius 2 is 2.06 bits per heavy atom. The lowest BCUT2D eigenvalue weighted by molar-refractivity contribution is -0.0544. The van der Waals surface area contributed by atoms with Gasteiger partial charge in [-0.25, -0.2) is 0 Å². The van der Waals surface area contributed by atoms with Crippen LogP contribution in [0, 0.1) is 11.3 Å². The molecule has 0 aromatic carbocycles. The highest BCUT2D eigenvalue weighted by molar-refractivity contribution is 7.99. The van der Waals surface area contributed by atoms with E-state index in [-0.39, 0.29) is 5.54 Å². The van der Waals surface area contributed by atoms with E-state index in [0.717, 1.165) is 12.5 Å². The molecule has 2 fully saturated rings. The molecule has 0 aromatic rings. The maximum atomic E-state index is 6.30. The van der Waals surface area contributed by atoms with Gasteiger partial charge in [0.2, 0.25) is 0 Å². The second-order valence-electron chi connectivity index (χ2n) is 6.98. The zero-order valence-corrected chi connectivity index (χ0v) is 13.4. The summed E-state index contributed by atoms with van der Waals surface area (Å²) >= 11 is 2.10. The fourth-order valence-electron chi connectivity index (χ4n) is 3.86. The molecule has 0 aromatic heterocycles. The molecule has 2 aliphatic rings. The summed E-state index contributed by atoms with van der Waals surface area (Å²) in [6.07, 6.45) is 4.02. The minimum absolute atomic E-state index is 0.212. The number of nitrogens with zero attached hydrogens (tertiary/aromatic N) is 1. The van der Waals surface area contributed by atoms with Gasteiger partial charge in [-0.05, 0) is 49.8 Å². The van der Waals surface area contributed by atoms with E-state index >= 15 is 0 Å². The maximum absolute atomic E-state index is 6.30. The lowest BCUT2D eigenvalue weighted by atomic mass is 9.68. The molecule has 3 atom stereocenters. The molecule has 0 radical (unpaired) electrons. The van der Waals surface area contributed by atoms with Crippen molar-refractivity contribution in [3.05, 3.63) is 0 Å². The third kappa shape index (κ3) is 2.23. The molecule has 0 bridgehead atoms. The molecular formula is C15H30N2S. The summed E-state index contributed by atoms with van der Waals surface area (Å²) in [4.78, 5) is 2.77. The third-order valence-corrected chi connectivity index (χ3v) is 6.91. The molecule has 0 aliphatic carbocycles. The van der Waals surface area contributed by atoms with Crippen LogP contribution in [0.5, 0.6) is 0 Å². The van der Waals surface area contributed by atoms with Crippen LogP contribution in [0.15, 0.2) is 0 Å². The SMILES string of the molecule is CC1CCCN(C2(CN)CSCCC2(C)C)C1C. The van der Waals surface area contributed by atoms with Gasteiger partial charge in [0.15, 0.2) is 0 Å². The summed E-state index contributed by atoms with van der Waals surface area (Å²) in [5.74, 6) is 3.32. The van der Waals surface area contributed by atoms with Crippen molar-refractivity contribution < 1.29 is 0 Å². The number of piperidine rings is 1. The zero-order valence-electron chi connectivity index (χ0n) is 12.5. The standard InChI is InChI=1S/C15H30N2S/c1-12-6-5-8-17(13(12)2)15(10-16)11-18-9-7-14(15,3)4/h12-13H,5-11,16H2,1-4H3. The number of nitrogens with two attached hydrogens (primary N) is 1. The van der Waals surface area contributed by atoms with Crippen molar-refractivity contribution in [3.8, 4) is 0 Å². The first-order valence-electron chi connectivity index (χ1n) is 7.49. The number of hydrogen-bond donors (Lipinski definition) is 1. The third-order valence-electron chi connectivity index (χ3n) is 5.73. The van der Waals surface area contributed by atoms with Crippen LogP contribution in [0.1, 0.15) is 47.0 Å². The zero-order chi connectivity index (χ0) is 13.4. The highest BCUT2D eigenvalue weighted by Gasteiger charge is 2.52. The van der Waals surface area contributed by atoms with Gasteiger partial charge in [-0.3, -0.25) is 4.90 Å². The van der Waals surface area contributed by atoms with Crippen LogP contribution in [0.3, 0.4) is 0 Å². The summed E-state index contributed by atoms with van der Waals surface area (Å²) in [5, 5.41) is 0. The Bertz CT molecular complexity index is 292. The van der Waals surface area contributed by atoms with Crippen molar-refractivity contribution in [2.45, 2.75) is 58.5 Å². The largest absolute Gasteiger partial charge is 0.329 e. The highest BCUT2D eigenvalue weighted by Crippen LogP contribution is 2.47. The molecule has 0 amide bonds. The highest BCUT2D eigenvalue weighted by atomic mass is 32.2. The van der Waals surface area contributed by atoms with Crippen LogP contribution in [0.2, 0.25) is 0 Å². The molecule has 106 valence electrons. The summed E-state index contributed by atoms with van der Waals surface area (Å²) in [6.45, 7) is 11.7. The minimum Gasteiger partial charge on any atom is -0.329 e. The van der Waals surface area contributed by atoms with Gasteiger partial charge in [-0.2, -0.15) is 11.8 Å². The molecular weight excluding hydrogens is 240 g/mol. The monoisotopic (exact) mass is 270 g/mol. The second-order valence-corrected chi connectivity index (χ2v) is 8.08. The first kappa shape index (κ1) is 14.7. The van der Waals surface area contributed by atoms with E-state index in [0.29, 0.717) is 11.5 Å². The summed E-state index contributed by atoms with van der Waals surface area (Å²) < 4.78 is 0. The van der Waals surface area contributed by atoms with E-state index in [1.165, 1.54) is 37.3 Å². The van der Waals surface area contributed by atoms with E-state index in [2.05, 4.69) is 44.4 Å². The number of rotatable bonds is 2. The normalized spacial score (nSPS) is 41.8. The second kappa shape index (κ2) is 5.34. The smallest absolute Gasteiger partial charge is 0.0475 e. The van der Waals surface area contributed by atoms with Crippen molar-refractivity contribution >= 4 is 11.8 Å². The van der Waals surface area contributed by atoms with Crippen molar-refractivity contribution in [1.82, 2.24) is 4.90 Å². The minimum atomic E-state index is 0.212. The van der Waals surface area contributed by atoms with Gasteiger partial charge in [0.25, 0.3) is 0 Å². The van der Waals surface area contributed by atoms with E-state index in [4.69, 9.17) is 5.73 Å². The average Bonchev–Trinajstić information content (AvgIpc) is 2.33. The van der Waals surface area contributed by atoms with Gasteiger partial charge < -0.3 is 5.73 Å². The topological polar surface area (TPSA) is 29.3 Å². The van der Waals surface area contributed by atoms with Crippen LogP contribution in [-0.4, -0.2) is 41.1 Å². The Labute approximate surface area is 117 Å². The average molecular weight is 270 g/mol. The van der Waals surface area contributed by atoms with E-state index < -0.39 is 0 Å². The first-order chi connectivity index (χ1) is 8.44. The Morgan fingerprint density at radius 1 is 1.33 bits per heavy atom. The van der Waals surface area contributed by atoms with E-state index in [9.17, 15) is 0 Å². The van der Waals surface area contributed by atoms with Crippen LogP contribution in [0.4, 0.5) is 0 Å². The molecule has 2 nitrogen and oxygen atoms in total. The van der Waals surface area contributed by atoms with Crippen molar-refractivity contribution in [3.63, 3.8) is 0 Å². The summed E-state index contributed by atoms with van der Waals surface area (Å²) in [6, 6.07) is 0.681. The lowest BCUT2D eigenvalue weighted by Crippen LogP contribution is -2.69. The van der Waals surface area contributed by atoms with Gasteiger partial charge in [-0.1, -0.05) is 20.8 Å². The van der Waals surface area contributed by atoms with Crippen LogP contribution in [0.25, 0.3) is 0 Å². The Hall–Kier alpha value is 0.270. The van der Waals surface area contributed by atoms with Crippen molar-refractivity contribution in [2.75, 3.05) is 24.6 Å². The lowest BCUT2D eigenvalue weighted by Gasteiger charge is -2.59. The molecule has 18 heavy (non-hydrogen) atoms. The number of likely N-dealkylation sites (tertiary alicyclic amines) is 1. The molecule has 3 heteroatoms.